The molecule has 0 spiro atoms. The minimum atomic E-state index is -1.06. The summed E-state index contributed by atoms with van der Waals surface area (Å²) in [5.74, 6) is -0.936. The Hall–Kier alpha value is -3.20. The average molecular weight is 397 g/mol. The Bertz CT molecular complexity index is 1020. The van der Waals surface area contributed by atoms with Crippen molar-refractivity contribution in [1.29, 1.82) is 0 Å². The molecule has 1 aliphatic heterocycles. The van der Waals surface area contributed by atoms with Gasteiger partial charge in [0.05, 0.1) is 12.1 Å². The number of hydrogen-bond acceptors (Lipinski definition) is 5. The Labute approximate surface area is 165 Å². The zero-order valence-electron chi connectivity index (χ0n) is 15.2. The van der Waals surface area contributed by atoms with Crippen molar-refractivity contribution < 1.29 is 14.4 Å². The van der Waals surface area contributed by atoms with Crippen molar-refractivity contribution in [1.82, 2.24) is 25.1 Å². The summed E-state index contributed by atoms with van der Waals surface area (Å²) in [5.41, 5.74) is 2.99. The number of fused-ring (bicyclic) bond motifs is 1. The van der Waals surface area contributed by atoms with Gasteiger partial charge in [0.15, 0.2) is 4.96 Å². The van der Waals surface area contributed by atoms with Crippen LogP contribution in [0.5, 0.6) is 0 Å². The molecule has 1 fully saturated rings. The molecule has 1 unspecified atom stereocenters. The minimum Gasteiger partial charge on any atom is -0.322 e. The predicted octanol–water partition coefficient (Wildman–Crippen LogP) is 1.91. The Morgan fingerprint density at radius 2 is 2.07 bits per heavy atom. The van der Waals surface area contributed by atoms with Gasteiger partial charge in [-0.1, -0.05) is 30.3 Å². The van der Waals surface area contributed by atoms with Crippen molar-refractivity contribution in [2.45, 2.75) is 31.7 Å². The maximum atomic E-state index is 12.8. The number of hydrazine groups is 1. The molecule has 9 heteroatoms. The number of nitrogens with zero attached hydrogens (tertiary/aromatic N) is 3. The number of urea groups is 1. The molecule has 144 valence electrons. The average Bonchev–Trinajstić information content (AvgIpc) is 3.31. The first-order valence-electron chi connectivity index (χ1n) is 8.86. The van der Waals surface area contributed by atoms with Gasteiger partial charge in [-0.3, -0.25) is 19.4 Å². The van der Waals surface area contributed by atoms with Crippen LogP contribution in [0, 0.1) is 0 Å². The molecular formula is C19H19N5O3S. The van der Waals surface area contributed by atoms with Gasteiger partial charge in [0.25, 0.3) is 5.91 Å². The molecule has 8 nitrogen and oxygen atoms in total. The third-order valence-electron chi connectivity index (χ3n) is 4.74. The lowest BCUT2D eigenvalue weighted by atomic mass is 9.93. The summed E-state index contributed by atoms with van der Waals surface area (Å²) in [5, 5.41) is 5.36. The van der Waals surface area contributed by atoms with E-state index in [9.17, 15) is 14.4 Å². The fraction of sp³-hybridized carbons (Fsp3) is 0.263. The van der Waals surface area contributed by atoms with Crippen LogP contribution in [0.25, 0.3) is 4.96 Å². The zero-order valence-corrected chi connectivity index (χ0v) is 16.0. The monoisotopic (exact) mass is 397 g/mol. The minimum absolute atomic E-state index is 0.0216. The van der Waals surface area contributed by atoms with Crippen molar-refractivity contribution in [2.75, 3.05) is 0 Å². The molecule has 1 saturated heterocycles. The Morgan fingerprint density at radius 3 is 2.82 bits per heavy atom. The third-order valence-corrected chi connectivity index (χ3v) is 5.51. The van der Waals surface area contributed by atoms with Crippen LogP contribution < -0.4 is 10.7 Å². The topological polar surface area (TPSA) is 95.8 Å². The molecule has 0 bridgehead atoms. The maximum absolute atomic E-state index is 12.8. The van der Waals surface area contributed by atoms with E-state index in [2.05, 4.69) is 15.7 Å². The van der Waals surface area contributed by atoms with Gasteiger partial charge in [0.1, 0.15) is 5.54 Å². The van der Waals surface area contributed by atoms with Gasteiger partial charge in [-0.15, -0.1) is 11.3 Å². The van der Waals surface area contributed by atoms with Gasteiger partial charge < -0.3 is 5.32 Å². The number of amides is 4. The summed E-state index contributed by atoms with van der Waals surface area (Å²) in [6.45, 7) is 1.67. The smallest absolute Gasteiger partial charge is 0.322 e. The summed E-state index contributed by atoms with van der Waals surface area (Å²) in [4.78, 5) is 42.5. The van der Waals surface area contributed by atoms with Crippen LogP contribution in [-0.2, 0) is 22.4 Å². The number of hydrogen-bond donors (Lipinski definition) is 2. The van der Waals surface area contributed by atoms with Crippen molar-refractivity contribution in [3.8, 4) is 0 Å². The lowest BCUT2D eigenvalue weighted by Crippen LogP contribution is -2.49. The van der Waals surface area contributed by atoms with Crippen LogP contribution in [-0.4, -0.2) is 37.8 Å². The lowest BCUT2D eigenvalue weighted by molar-refractivity contribution is -0.138. The lowest BCUT2D eigenvalue weighted by Gasteiger charge is -2.21. The number of aromatic nitrogens is 2. The maximum Gasteiger partial charge on any atom is 0.344 e. The largest absolute Gasteiger partial charge is 0.344 e. The first-order valence-corrected chi connectivity index (χ1v) is 9.74. The Morgan fingerprint density at radius 1 is 1.29 bits per heavy atom. The standard InChI is InChI=1S/C19H19N5O3S/c1-19(8-7-13-5-3-2-4-6-13)16(26)24(17(27)21-19)22-15(25)11-14-12-23-9-10-28-18(23)20-14/h2-6,9-10,12H,7-8,11H2,1H3,(H,21,27)(H,22,25). The number of thiazole rings is 1. The van der Waals surface area contributed by atoms with Crippen LogP contribution in [0.4, 0.5) is 4.79 Å². The molecule has 28 heavy (non-hydrogen) atoms. The quantitative estimate of drug-likeness (QED) is 0.621. The number of imide groups is 1. The first kappa shape index (κ1) is 18.2. The van der Waals surface area contributed by atoms with E-state index >= 15 is 0 Å². The summed E-state index contributed by atoms with van der Waals surface area (Å²) < 4.78 is 1.82. The SMILES string of the molecule is CC1(CCc2ccccc2)NC(=O)N(NC(=O)Cc2cn3ccsc3n2)C1=O. The number of aryl methyl sites for hydroxylation is 1. The highest BCUT2D eigenvalue weighted by Crippen LogP contribution is 2.22. The highest BCUT2D eigenvalue weighted by atomic mass is 32.1. The number of imidazole rings is 1. The van der Waals surface area contributed by atoms with E-state index in [0.717, 1.165) is 15.5 Å². The number of carbonyl (C=O) groups excluding carboxylic acids is 3. The van der Waals surface area contributed by atoms with Crippen molar-refractivity contribution in [2.24, 2.45) is 0 Å². The van der Waals surface area contributed by atoms with E-state index in [1.165, 1.54) is 11.3 Å². The van der Waals surface area contributed by atoms with Gasteiger partial charge >= 0.3 is 6.03 Å². The van der Waals surface area contributed by atoms with Gasteiger partial charge in [-0.25, -0.2) is 9.78 Å². The molecule has 4 amide bonds. The van der Waals surface area contributed by atoms with Crippen molar-refractivity contribution >= 4 is 34.1 Å². The Balaban J connectivity index is 1.38. The highest BCUT2D eigenvalue weighted by molar-refractivity contribution is 7.15. The fourth-order valence-electron chi connectivity index (χ4n) is 3.18. The molecule has 4 rings (SSSR count). The molecule has 3 heterocycles. The fourth-order valence-corrected chi connectivity index (χ4v) is 3.90. The molecule has 1 aromatic carbocycles. The van der Waals surface area contributed by atoms with E-state index in [1.807, 2.05) is 46.3 Å². The second kappa shape index (κ2) is 7.08. The second-order valence-corrected chi connectivity index (χ2v) is 7.80. The normalized spacial score (nSPS) is 19.2. The van der Waals surface area contributed by atoms with Crippen molar-refractivity contribution in [3.05, 3.63) is 59.4 Å². The zero-order chi connectivity index (χ0) is 19.7. The van der Waals surface area contributed by atoms with Crippen LogP contribution in [0.1, 0.15) is 24.6 Å². The summed E-state index contributed by atoms with van der Waals surface area (Å²) in [6.07, 6.45) is 4.65. The number of carbonyl (C=O) groups is 3. The van der Waals surface area contributed by atoms with E-state index < -0.39 is 23.4 Å². The molecule has 0 radical (unpaired) electrons. The molecular weight excluding hydrogens is 378 g/mol. The predicted molar refractivity (Wildman–Crippen MR) is 103 cm³/mol. The molecule has 2 aromatic heterocycles. The van der Waals surface area contributed by atoms with Crippen LogP contribution >= 0.6 is 11.3 Å². The second-order valence-electron chi connectivity index (χ2n) is 6.93. The third kappa shape index (κ3) is 3.48. The number of benzene rings is 1. The van der Waals surface area contributed by atoms with Gasteiger partial charge in [-0.2, -0.15) is 5.01 Å². The van der Waals surface area contributed by atoms with E-state index in [1.54, 1.807) is 13.1 Å². The first-order chi connectivity index (χ1) is 13.4. The Kier molecular flexibility index (Phi) is 4.60. The van der Waals surface area contributed by atoms with Crippen molar-refractivity contribution in [3.63, 3.8) is 0 Å². The molecule has 0 aliphatic carbocycles. The summed E-state index contributed by atoms with van der Waals surface area (Å²) in [7, 11) is 0. The van der Waals surface area contributed by atoms with Gasteiger partial charge in [0, 0.05) is 17.8 Å². The molecule has 1 aliphatic rings. The summed E-state index contributed by atoms with van der Waals surface area (Å²) in [6, 6.07) is 9.10. The van der Waals surface area contributed by atoms with Gasteiger partial charge in [-0.05, 0) is 25.3 Å². The molecule has 0 saturated carbocycles. The van der Waals surface area contributed by atoms with Gasteiger partial charge in [0.2, 0.25) is 5.91 Å². The van der Waals surface area contributed by atoms with Crippen LogP contribution in [0.2, 0.25) is 0 Å². The van der Waals surface area contributed by atoms with E-state index in [0.29, 0.717) is 18.5 Å². The van der Waals surface area contributed by atoms with E-state index in [4.69, 9.17) is 0 Å². The highest BCUT2D eigenvalue weighted by Gasteiger charge is 2.48. The van der Waals surface area contributed by atoms with Crippen LogP contribution in [0.15, 0.2) is 48.1 Å². The number of rotatable bonds is 6. The van der Waals surface area contributed by atoms with Crippen LogP contribution in [0.3, 0.4) is 0 Å². The number of nitrogens with one attached hydrogen (secondary N) is 2. The summed E-state index contributed by atoms with van der Waals surface area (Å²) >= 11 is 1.46. The molecule has 1 atom stereocenters. The van der Waals surface area contributed by atoms with E-state index in [-0.39, 0.29) is 6.42 Å². The molecule has 3 aromatic rings. The molecule has 2 N–H and O–H groups in total.